The summed E-state index contributed by atoms with van der Waals surface area (Å²) in [5.74, 6) is 7.43. The SMILES string of the molecule is Cc1cnc(Nc2cnc(N)c(N(N)Cc3ccc4ncccc4c3)n2)s1. The monoisotopic (exact) mass is 378 g/mol. The summed E-state index contributed by atoms with van der Waals surface area (Å²) in [6, 6.07) is 9.93. The van der Waals surface area contributed by atoms with E-state index >= 15 is 0 Å². The summed E-state index contributed by atoms with van der Waals surface area (Å²) in [5.41, 5.74) is 7.95. The quantitative estimate of drug-likeness (QED) is 0.358. The third-order valence-corrected chi connectivity index (χ3v) is 4.76. The van der Waals surface area contributed by atoms with Crippen molar-refractivity contribution in [2.45, 2.75) is 13.5 Å². The molecule has 0 bridgehead atoms. The van der Waals surface area contributed by atoms with E-state index in [4.69, 9.17) is 11.6 Å². The maximum Gasteiger partial charge on any atom is 0.188 e. The van der Waals surface area contributed by atoms with E-state index < -0.39 is 0 Å². The van der Waals surface area contributed by atoms with E-state index in [-0.39, 0.29) is 5.82 Å². The highest BCUT2D eigenvalue weighted by atomic mass is 32.1. The van der Waals surface area contributed by atoms with Gasteiger partial charge >= 0.3 is 0 Å². The first-order valence-electron chi connectivity index (χ1n) is 8.26. The Morgan fingerprint density at radius 3 is 2.85 bits per heavy atom. The Bertz CT molecular complexity index is 1090. The van der Waals surface area contributed by atoms with Crippen molar-refractivity contribution in [1.29, 1.82) is 0 Å². The van der Waals surface area contributed by atoms with Gasteiger partial charge in [0.05, 0.1) is 18.3 Å². The van der Waals surface area contributed by atoms with Crippen molar-refractivity contribution in [3.8, 4) is 0 Å². The molecule has 0 aliphatic heterocycles. The van der Waals surface area contributed by atoms with Crippen molar-refractivity contribution < 1.29 is 0 Å². The number of fused-ring (bicyclic) bond motifs is 1. The Kier molecular flexibility index (Phi) is 4.53. The van der Waals surface area contributed by atoms with E-state index in [1.54, 1.807) is 18.6 Å². The van der Waals surface area contributed by atoms with Gasteiger partial charge in [-0.05, 0) is 30.7 Å². The topological polar surface area (TPSA) is 119 Å². The van der Waals surface area contributed by atoms with Crippen LogP contribution in [-0.4, -0.2) is 19.9 Å². The van der Waals surface area contributed by atoms with Gasteiger partial charge in [-0.2, -0.15) is 0 Å². The number of pyridine rings is 1. The number of hydrazine groups is 1. The molecule has 27 heavy (non-hydrogen) atoms. The zero-order valence-corrected chi connectivity index (χ0v) is 15.4. The van der Waals surface area contributed by atoms with Crippen molar-refractivity contribution >= 4 is 44.8 Å². The standard InChI is InChI=1S/C18H18N8S/c1-11-8-23-18(27-11)25-15-9-22-16(19)17(24-15)26(20)10-12-4-5-14-13(7-12)3-2-6-21-14/h2-9H,10,20H2,1H3,(H2,19,22)(H,23,24,25). The van der Waals surface area contributed by atoms with Crippen LogP contribution in [0.4, 0.5) is 22.6 Å². The fourth-order valence-electron chi connectivity index (χ4n) is 2.68. The number of thiazole rings is 1. The normalized spacial score (nSPS) is 10.9. The van der Waals surface area contributed by atoms with Gasteiger partial charge in [0.25, 0.3) is 0 Å². The molecule has 0 aliphatic rings. The third kappa shape index (κ3) is 3.78. The number of nitrogen functional groups attached to an aromatic ring is 1. The van der Waals surface area contributed by atoms with Crippen molar-refractivity contribution in [3.63, 3.8) is 0 Å². The van der Waals surface area contributed by atoms with Crippen molar-refractivity contribution in [3.05, 3.63) is 59.4 Å². The van der Waals surface area contributed by atoms with E-state index in [0.717, 1.165) is 26.5 Å². The Morgan fingerprint density at radius 2 is 2.04 bits per heavy atom. The van der Waals surface area contributed by atoms with Crippen LogP contribution in [0.1, 0.15) is 10.4 Å². The maximum absolute atomic E-state index is 6.23. The number of nitrogens with one attached hydrogen (secondary N) is 1. The van der Waals surface area contributed by atoms with Gasteiger partial charge in [-0.15, -0.1) is 11.3 Å². The van der Waals surface area contributed by atoms with Crippen LogP contribution >= 0.6 is 11.3 Å². The van der Waals surface area contributed by atoms with E-state index in [1.807, 2.05) is 37.3 Å². The van der Waals surface area contributed by atoms with Crippen LogP contribution in [0.3, 0.4) is 0 Å². The molecule has 3 heterocycles. The molecule has 0 amide bonds. The van der Waals surface area contributed by atoms with Crippen molar-refractivity contribution in [2.75, 3.05) is 16.1 Å². The van der Waals surface area contributed by atoms with E-state index in [0.29, 0.717) is 18.2 Å². The van der Waals surface area contributed by atoms with Crippen molar-refractivity contribution in [2.24, 2.45) is 5.84 Å². The summed E-state index contributed by atoms with van der Waals surface area (Å²) in [5, 5.41) is 6.40. The fraction of sp³-hybridized carbons (Fsp3) is 0.111. The molecule has 1 aromatic carbocycles. The van der Waals surface area contributed by atoms with Gasteiger partial charge in [-0.1, -0.05) is 12.1 Å². The average Bonchev–Trinajstić information content (AvgIpc) is 3.08. The Hall–Kier alpha value is -3.30. The van der Waals surface area contributed by atoms with Gasteiger partial charge in [-0.25, -0.2) is 20.8 Å². The number of aromatic nitrogens is 4. The number of anilines is 4. The number of hydrogen-bond acceptors (Lipinski definition) is 9. The molecule has 5 N–H and O–H groups in total. The maximum atomic E-state index is 6.23. The molecule has 4 aromatic rings. The lowest BCUT2D eigenvalue weighted by molar-refractivity contribution is 0.831. The van der Waals surface area contributed by atoms with E-state index in [1.165, 1.54) is 16.3 Å². The zero-order chi connectivity index (χ0) is 18.8. The van der Waals surface area contributed by atoms with Crippen LogP contribution in [0.2, 0.25) is 0 Å². The van der Waals surface area contributed by atoms with Crippen LogP contribution in [0.5, 0.6) is 0 Å². The highest BCUT2D eigenvalue weighted by molar-refractivity contribution is 7.15. The predicted molar refractivity (Wildman–Crippen MR) is 109 cm³/mol. The smallest absolute Gasteiger partial charge is 0.188 e. The van der Waals surface area contributed by atoms with Gasteiger partial charge in [0.15, 0.2) is 22.6 Å². The molecular weight excluding hydrogens is 360 g/mol. The second-order valence-electron chi connectivity index (χ2n) is 6.02. The summed E-state index contributed by atoms with van der Waals surface area (Å²) in [4.78, 5) is 18.4. The van der Waals surface area contributed by atoms with Crippen molar-refractivity contribution in [1.82, 2.24) is 19.9 Å². The number of nitrogens with zero attached hydrogens (tertiary/aromatic N) is 5. The first-order chi connectivity index (χ1) is 13.1. The molecular formula is C18H18N8S. The van der Waals surface area contributed by atoms with Gasteiger partial charge < -0.3 is 11.1 Å². The fourth-order valence-corrected chi connectivity index (χ4v) is 3.35. The molecule has 0 fully saturated rings. The number of rotatable bonds is 5. The molecule has 0 unspecified atom stereocenters. The highest BCUT2D eigenvalue weighted by Crippen LogP contribution is 2.24. The van der Waals surface area contributed by atoms with Gasteiger partial charge in [0.2, 0.25) is 0 Å². The predicted octanol–water partition coefficient (Wildman–Crippen LogP) is 3.00. The summed E-state index contributed by atoms with van der Waals surface area (Å²) in [6.45, 7) is 2.42. The second-order valence-corrected chi connectivity index (χ2v) is 7.26. The Labute approximate surface area is 159 Å². The molecule has 4 rings (SSSR count). The van der Waals surface area contributed by atoms with Crippen LogP contribution in [0.15, 0.2) is 48.9 Å². The number of hydrogen-bond donors (Lipinski definition) is 3. The number of benzene rings is 1. The third-order valence-electron chi connectivity index (χ3n) is 3.93. The highest BCUT2D eigenvalue weighted by Gasteiger charge is 2.12. The molecule has 3 aromatic heterocycles. The van der Waals surface area contributed by atoms with E-state index in [9.17, 15) is 0 Å². The van der Waals surface area contributed by atoms with E-state index in [2.05, 4.69) is 25.3 Å². The summed E-state index contributed by atoms with van der Waals surface area (Å²) >= 11 is 1.53. The molecule has 9 heteroatoms. The van der Waals surface area contributed by atoms with Crippen LogP contribution in [0, 0.1) is 6.92 Å². The molecule has 0 spiro atoms. The molecule has 0 atom stereocenters. The van der Waals surface area contributed by atoms with Crippen LogP contribution < -0.4 is 21.9 Å². The average molecular weight is 378 g/mol. The second kappa shape index (κ2) is 7.14. The van der Waals surface area contributed by atoms with Gasteiger partial charge in [0, 0.05) is 22.7 Å². The molecule has 0 aliphatic carbocycles. The molecule has 0 saturated carbocycles. The van der Waals surface area contributed by atoms with Gasteiger partial charge in [0.1, 0.15) is 0 Å². The summed E-state index contributed by atoms with van der Waals surface area (Å²) in [7, 11) is 0. The number of nitrogens with two attached hydrogens (primary N) is 2. The number of aryl methyl sites for hydroxylation is 1. The minimum Gasteiger partial charge on any atom is -0.381 e. The van der Waals surface area contributed by atoms with Crippen LogP contribution in [-0.2, 0) is 6.54 Å². The molecule has 0 saturated heterocycles. The molecule has 0 radical (unpaired) electrons. The van der Waals surface area contributed by atoms with Crippen LogP contribution in [0.25, 0.3) is 10.9 Å². The molecule has 136 valence electrons. The minimum absolute atomic E-state index is 0.265. The Balaban J connectivity index is 1.56. The largest absolute Gasteiger partial charge is 0.381 e. The lowest BCUT2D eigenvalue weighted by Gasteiger charge is -2.19. The summed E-state index contributed by atoms with van der Waals surface area (Å²) < 4.78 is 0. The lowest BCUT2D eigenvalue weighted by Crippen LogP contribution is -2.32. The van der Waals surface area contributed by atoms with Gasteiger partial charge in [-0.3, -0.25) is 9.99 Å². The Morgan fingerprint density at radius 1 is 1.15 bits per heavy atom. The first kappa shape index (κ1) is 17.1. The zero-order valence-electron chi connectivity index (χ0n) is 14.6. The minimum atomic E-state index is 0.265. The lowest BCUT2D eigenvalue weighted by atomic mass is 10.1. The summed E-state index contributed by atoms with van der Waals surface area (Å²) in [6.07, 6.45) is 5.13. The first-order valence-corrected chi connectivity index (χ1v) is 9.08. The molecule has 8 nitrogen and oxygen atoms in total.